The molecule has 2 aromatic carbocycles. The van der Waals surface area contributed by atoms with E-state index in [1.807, 2.05) is 18.2 Å². The lowest BCUT2D eigenvalue weighted by atomic mass is 9.92. The van der Waals surface area contributed by atoms with Crippen LogP contribution in [-0.4, -0.2) is 52.0 Å². The van der Waals surface area contributed by atoms with E-state index in [4.69, 9.17) is 14.2 Å². The molecule has 1 saturated heterocycles. The van der Waals surface area contributed by atoms with Crippen molar-refractivity contribution in [3.05, 3.63) is 48.0 Å². The van der Waals surface area contributed by atoms with Crippen molar-refractivity contribution in [3.63, 3.8) is 0 Å². The molecule has 1 amide bonds. The Bertz CT molecular complexity index is 1110. The SMILES string of the molecule is COc1ccc(S(=O)(=O)N2CCC(C(=O)NC(c3ccc4c(c3)OCCO4)C(C)C)CC2)cc1. The average Bonchev–Trinajstić information content (AvgIpc) is 2.86. The number of ether oxygens (including phenoxy) is 3. The second-order valence-corrected chi connectivity index (χ2v) is 10.9. The largest absolute Gasteiger partial charge is 0.497 e. The summed E-state index contributed by atoms with van der Waals surface area (Å²) >= 11 is 0. The highest BCUT2D eigenvalue weighted by molar-refractivity contribution is 7.89. The number of hydrogen-bond donors (Lipinski definition) is 1. The van der Waals surface area contributed by atoms with Crippen LogP contribution in [0.3, 0.4) is 0 Å². The summed E-state index contributed by atoms with van der Waals surface area (Å²) in [5.74, 6) is 1.90. The van der Waals surface area contributed by atoms with Gasteiger partial charge < -0.3 is 19.5 Å². The first kappa shape index (κ1) is 24.3. The molecular weight excluding hydrogens is 456 g/mol. The molecule has 2 aliphatic rings. The van der Waals surface area contributed by atoms with E-state index in [0.717, 1.165) is 5.56 Å². The number of fused-ring (bicyclic) bond motifs is 1. The van der Waals surface area contributed by atoms with E-state index in [2.05, 4.69) is 19.2 Å². The molecule has 34 heavy (non-hydrogen) atoms. The van der Waals surface area contributed by atoms with Crippen LogP contribution in [0.4, 0.5) is 0 Å². The predicted molar refractivity (Wildman–Crippen MR) is 128 cm³/mol. The van der Waals surface area contributed by atoms with Gasteiger partial charge in [-0.15, -0.1) is 0 Å². The van der Waals surface area contributed by atoms with Crippen LogP contribution in [0.2, 0.25) is 0 Å². The Kier molecular flexibility index (Phi) is 7.33. The number of benzene rings is 2. The number of hydrogen-bond acceptors (Lipinski definition) is 6. The van der Waals surface area contributed by atoms with E-state index in [1.54, 1.807) is 24.3 Å². The number of nitrogens with one attached hydrogen (secondary N) is 1. The molecule has 184 valence electrons. The first-order valence-electron chi connectivity index (χ1n) is 11.6. The summed E-state index contributed by atoms with van der Waals surface area (Å²) in [7, 11) is -2.07. The van der Waals surface area contributed by atoms with E-state index < -0.39 is 10.0 Å². The van der Waals surface area contributed by atoms with Gasteiger partial charge >= 0.3 is 0 Å². The molecule has 4 rings (SSSR count). The predicted octanol–water partition coefficient (Wildman–Crippen LogP) is 3.38. The van der Waals surface area contributed by atoms with E-state index in [0.29, 0.717) is 56.4 Å². The topological polar surface area (TPSA) is 94.2 Å². The van der Waals surface area contributed by atoms with Gasteiger partial charge in [0.2, 0.25) is 15.9 Å². The Balaban J connectivity index is 1.39. The van der Waals surface area contributed by atoms with Crippen LogP contribution in [-0.2, 0) is 14.8 Å². The van der Waals surface area contributed by atoms with Crippen LogP contribution in [0.15, 0.2) is 47.4 Å². The summed E-state index contributed by atoms with van der Waals surface area (Å²) in [6.45, 7) is 5.78. The summed E-state index contributed by atoms with van der Waals surface area (Å²) in [4.78, 5) is 13.4. The van der Waals surface area contributed by atoms with Crippen molar-refractivity contribution >= 4 is 15.9 Å². The van der Waals surface area contributed by atoms with Crippen LogP contribution in [0.1, 0.15) is 38.3 Å². The lowest BCUT2D eigenvalue weighted by molar-refractivity contribution is -0.127. The van der Waals surface area contributed by atoms with Gasteiger partial charge in [-0.2, -0.15) is 4.31 Å². The molecule has 2 aromatic rings. The summed E-state index contributed by atoms with van der Waals surface area (Å²) in [5, 5.41) is 3.19. The van der Waals surface area contributed by atoms with Gasteiger partial charge in [-0.1, -0.05) is 19.9 Å². The number of nitrogens with zero attached hydrogens (tertiary/aromatic N) is 1. The van der Waals surface area contributed by atoms with E-state index in [-0.39, 0.29) is 28.7 Å². The van der Waals surface area contributed by atoms with Crippen LogP contribution >= 0.6 is 0 Å². The molecule has 1 atom stereocenters. The molecule has 2 heterocycles. The lowest BCUT2D eigenvalue weighted by Gasteiger charge is -2.32. The number of methoxy groups -OCH3 is 1. The quantitative estimate of drug-likeness (QED) is 0.642. The zero-order valence-corrected chi connectivity index (χ0v) is 20.6. The van der Waals surface area contributed by atoms with E-state index >= 15 is 0 Å². The van der Waals surface area contributed by atoms with Crippen molar-refractivity contribution < 1.29 is 27.4 Å². The minimum absolute atomic E-state index is 0.0462. The van der Waals surface area contributed by atoms with Gasteiger partial charge in [-0.05, 0) is 60.7 Å². The molecule has 0 bridgehead atoms. The third kappa shape index (κ3) is 5.15. The Labute approximate surface area is 201 Å². The molecule has 9 heteroatoms. The molecular formula is C25H32N2O6S. The second kappa shape index (κ2) is 10.2. The molecule has 8 nitrogen and oxygen atoms in total. The zero-order chi connectivity index (χ0) is 24.3. The average molecular weight is 489 g/mol. The van der Waals surface area contributed by atoms with Crippen molar-refractivity contribution in [3.8, 4) is 17.2 Å². The monoisotopic (exact) mass is 488 g/mol. The van der Waals surface area contributed by atoms with Crippen molar-refractivity contribution in [2.45, 2.75) is 37.6 Å². The van der Waals surface area contributed by atoms with E-state index in [1.165, 1.54) is 11.4 Å². The highest BCUT2D eigenvalue weighted by Gasteiger charge is 2.33. The van der Waals surface area contributed by atoms with Gasteiger partial charge in [-0.3, -0.25) is 4.79 Å². The fourth-order valence-electron chi connectivity index (χ4n) is 4.41. The van der Waals surface area contributed by atoms with Crippen LogP contribution in [0, 0.1) is 11.8 Å². The summed E-state index contributed by atoms with van der Waals surface area (Å²) in [6, 6.07) is 12.0. The minimum atomic E-state index is -3.60. The van der Waals surface area contributed by atoms with Gasteiger partial charge in [0.15, 0.2) is 11.5 Å². The van der Waals surface area contributed by atoms with Crippen LogP contribution in [0.5, 0.6) is 17.2 Å². The highest BCUT2D eigenvalue weighted by Crippen LogP contribution is 2.35. The van der Waals surface area contributed by atoms with Gasteiger partial charge in [0.25, 0.3) is 0 Å². The maximum absolute atomic E-state index is 13.1. The second-order valence-electron chi connectivity index (χ2n) is 8.99. The molecule has 0 spiro atoms. The van der Waals surface area contributed by atoms with Gasteiger partial charge in [0, 0.05) is 19.0 Å². The number of piperidine rings is 1. The molecule has 1 N–H and O–H groups in total. The number of carbonyl (C=O) groups is 1. The smallest absolute Gasteiger partial charge is 0.243 e. The lowest BCUT2D eigenvalue weighted by Crippen LogP contribution is -2.44. The van der Waals surface area contributed by atoms with Gasteiger partial charge in [0.05, 0.1) is 18.0 Å². The van der Waals surface area contributed by atoms with Crippen molar-refractivity contribution in [2.75, 3.05) is 33.4 Å². The van der Waals surface area contributed by atoms with Crippen molar-refractivity contribution in [1.82, 2.24) is 9.62 Å². The Hall–Kier alpha value is -2.78. The Morgan fingerprint density at radius 2 is 1.68 bits per heavy atom. The zero-order valence-electron chi connectivity index (χ0n) is 19.8. The normalized spacial score (nSPS) is 17.9. The molecule has 0 saturated carbocycles. The third-order valence-electron chi connectivity index (χ3n) is 6.41. The molecule has 0 radical (unpaired) electrons. The molecule has 2 aliphatic heterocycles. The van der Waals surface area contributed by atoms with Crippen LogP contribution in [0.25, 0.3) is 0 Å². The van der Waals surface area contributed by atoms with E-state index in [9.17, 15) is 13.2 Å². The minimum Gasteiger partial charge on any atom is -0.497 e. The fraction of sp³-hybridized carbons (Fsp3) is 0.480. The fourth-order valence-corrected chi connectivity index (χ4v) is 5.88. The van der Waals surface area contributed by atoms with Gasteiger partial charge in [0.1, 0.15) is 19.0 Å². The molecule has 1 fully saturated rings. The highest BCUT2D eigenvalue weighted by atomic mass is 32.2. The summed E-state index contributed by atoms with van der Waals surface area (Å²) in [6.07, 6.45) is 0.959. The maximum atomic E-state index is 13.1. The Morgan fingerprint density at radius 1 is 1.03 bits per heavy atom. The number of rotatable bonds is 7. The molecule has 0 aromatic heterocycles. The molecule has 1 unspecified atom stereocenters. The first-order valence-corrected chi connectivity index (χ1v) is 13.1. The summed E-state index contributed by atoms with van der Waals surface area (Å²) in [5.41, 5.74) is 0.965. The first-order chi connectivity index (χ1) is 16.3. The number of sulfonamides is 1. The Morgan fingerprint density at radius 3 is 2.29 bits per heavy atom. The van der Waals surface area contributed by atoms with Crippen molar-refractivity contribution in [1.29, 1.82) is 0 Å². The third-order valence-corrected chi connectivity index (χ3v) is 8.32. The van der Waals surface area contributed by atoms with Crippen LogP contribution < -0.4 is 19.5 Å². The van der Waals surface area contributed by atoms with Crippen molar-refractivity contribution in [2.24, 2.45) is 11.8 Å². The molecule has 0 aliphatic carbocycles. The maximum Gasteiger partial charge on any atom is 0.243 e. The number of amides is 1. The standard InChI is InChI=1S/C25H32N2O6S/c1-17(2)24(19-4-9-22-23(16-19)33-15-14-32-22)26-25(28)18-10-12-27(13-11-18)34(29,30)21-7-5-20(31-3)6-8-21/h4-9,16-18,24H,10-15H2,1-3H3,(H,26,28). The van der Waals surface area contributed by atoms with Gasteiger partial charge in [-0.25, -0.2) is 8.42 Å². The summed E-state index contributed by atoms with van der Waals surface area (Å²) < 4.78 is 43.9. The number of carbonyl (C=O) groups excluding carboxylic acids is 1.